The Balaban J connectivity index is 1.86. The van der Waals surface area contributed by atoms with Crippen LogP contribution in [-0.2, 0) is 19.6 Å². The van der Waals surface area contributed by atoms with E-state index in [4.69, 9.17) is 12.2 Å². The van der Waals surface area contributed by atoms with Gasteiger partial charge in [-0.25, -0.2) is 0 Å². The smallest absolute Gasteiger partial charge is 0.166 e. The number of thiocarbonyl (C=S) groups is 1. The number of rotatable bonds is 8. The van der Waals surface area contributed by atoms with Crippen molar-refractivity contribution in [2.24, 2.45) is 0 Å². The lowest BCUT2D eigenvalue weighted by atomic mass is 10.1. The normalized spacial score (nSPS) is 10.6. The molecule has 0 aliphatic carbocycles. The fourth-order valence-electron chi connectivity index (χ4n) is 2.69. The summed E-state index contributed by atoms with van der Waals surface area (Å²) >= 11 is 5.40. The van der Waals surface area contributed by atoms with Gasteiger partial charge in [-0.3, -0.25) is 0 Å². The molecule has 0 heterocycles. The number of hydrogen-bond donors (Lipinski definition) is 3. The zero-order valence-electron chi connectivity index (χ0n) is 14.6. The largest absolute Gasteiger partial charge is 0.359 e. The molecule has 0 aliphatic heterocycles. The topological polar surface area (TPSA) is 28.5 Å². The lowest BCUT2D eigenvalue weighted by molar-refractivity contribution is -0.910. The van der Waals surface area contributed by atoms with E-state index < -0.39 is 0 Å². The number of nitrogens with one attached hydrogen (secondary N) is 3. The van der Waals surface area contributed by atoms with Crippen LogP contribution in [0.1, 0.15) is 30.5 Å². The number of benzene rings is 2. The minimum absolute atomic E-state index is 0.698. The molecular formula is C20H28N3S+. The lowest BCUT2D eigenvalue weighted by Gasteiger charge is -2.18. The van der Waals surface area contributed by atoms with Crippen LogP contribution in [-0.4, -0.2) is 18.2 Å². The van der Waals surface area contributed by atoms with Crippen LogP contribution in [0.2, 0.25) is 0 Å². The summed E-state index contributed by atoms with van der Waals surface area (Å²) in [6, 6.07) is 18.9. The standard InChI is InChI=1S/C20H27N3S/c1-3-23(4-2)16-19-13-9-8-12-18(19)15-22-20(24)21-14-17-10-6-5-7-11-17/h5-13H,3-4,14-16H2,1-2H3,(H2,21,22,24)/p+1. The molecule has 24 heavy (non-hydrogen) atoms. The molecular weight excluding hydrogens is 314 g/mol. The maximum absolute atomic E-state index is 5.40. The molecule has 2 aromatic carbocycles. The lowest BCUT2D eigenvalue weighted by Crippen LogP contribution is -3.10. The summed E-state index contributed by atoms with van der Waals surface area (Å²) < 4.78 is 0. The summed E-state index contributed by atoms with van der Waals surface area (Å²) in [4.78, 5) is 1.59. The van der Waals surface area contributed by atoms with Gasteiger partial charge < -0.3 is 15.5 Å². The summed E-state index contributed by atoms with van der Waals surface area (Å²) in [7, 11) is 0. The van der Waals surface area contributed by atoms with Gasteiger partial charge in [0.15, 0.2) is 5.11 Å². The van der Waals surface area contributed by atoms with Crippen LogP contribution in [0.5, 0.6) is 0 Å². The molecule has 0 atom stereocenters. The summed E-state index contributed by atoms with van der Waals surface area (Å²) in [5.74, 6) is 0. The Morgan fingerprint density at radius 3 is 2.08 bits per heavy atom. The third kappa shape index (κ3) is 5.95. The summed E-state index contributed by atoms with van der Waals surface area (Å²) in [6.45, 7) is 9.35. The van der Waals surface area contributed by atoms with Crippen LogP contribution >= 0.6 is 12.2 Å². The van der Waals surface area contributed by atoms with Gasteiger partial charge in [-0.05, 0) is 37.2 Å². The molecule has 2 rings (SSSR count). The van der Waals surface area contributed by atoms with E-state index >= 15 is 0 Å². The highest BCUT2D eigenvalue weighted by atomic mass is 32.1. The van der Waals surface area contributed by atoms with E-state index in [2.05, 4.69) is 60.9 Å². The average Bonchev–Trinajstić information content (AvgIpc) is 2.64. The van der Waals surface area contributed by atoms with E-state index in [0.717, 1.165) is 32.7 Å². The SMILES string of the molecule is CC[NH+](CC)Cc1ccccc1CNC(=S)NCc1ccccc1. The van der Waals surface area contributed by atoms with E-state index in [0.29, 0.717) is 5.11 Å². The summed E-state index contributed by atoms with van der Waals surface area (Å²) in [6.07, 6.45) is 0. The van der Waals surface area contributed by atoms with E-state index in [1.165, 1.54) is 16.7 Å². The highest BCUT2D eigenvalue weighted by Crippen LogP contribution is 2.07. The maximum Gasteiger partial charge on any atom is 0.166 e. The molecule has 0 aromatic heterocycles. The molecule has 4 heteroatoms. The van der Waals surface area contributed by atoms with E-state index in [-0.39, 0.29) is 0 Å². The van der Waals surface area contributed by atoms with Gasteiger partial charge in [0.1, 0.15) is 6.54 Å². The first-order valence-corrected chi connectivity index (χ1v) is 9.09. The average molecular weight is 343 g/mol. The first-order chi connectivity index (χ1) is 11.7. The van der Waals surface area contributed by atoms with Crippen molar-refractivity contribution in [1.29, 1.82) is 0 Å². The Morgan fingerprint density at radius 1 is 0.833 bits per heavy atom. The van der Waals surface area contributed by atoms with Gasteiger partial charge in [-0.1, -0.05) is 54.6 Å². The van der Waals surface area contributed by atoms with Crippen molar-refractivity contribution in [3.63, 3.8) is 0 Å². The molecule has 0 aliphatic rings. The Kier molecular flexibility index (Phi) is 7.72. The maximum atomic E-state index is 5.40. The fraction of sp³-hybridized carbons (Fsp3) is 0.350. The van der Waals surface area contributed by atoms with Gasteiger partial charge >= 0.3 is 0 Å². The minimum Gasteiger partial charge on any atom is -0.359 e. The highest BCUT2D eigenvalue weighted by molar-refractivity contribution is 7.80. The van der Waals surface area contributed by atoms with Crippen molar-refractivity contribution in [2.45, 2.75) is 33.5 Å². The van der Waals surface area contributed by atoms with Gasteiger partial charge in [0.2, 0.25) is 0 Å². The van der Waals surface area contributed by atoms with Gasteiger partial charge in [-0.15, -0.1) is 0 Å². The Bertz CT molecular complexity index is 624. The number of quaternary nitrogens is 1. The van der Waals surface area contributed by atoms with Crippen LogP contribution in [0.4, 0.5) is 0 Å². The van der Waals surface area contributed by atoms with Crippen LogP contribution in [0, 0.1) is 0 Å². The van der Waals surface area contributed by atoms with Crippen molar-refractivity contribution in [3.8, 4) is 0 Å². The second-order valence-corrected chi connectivity index (χ2v) is 6.33. The fourth-order valence-corrected chi connectivity index (χ4v) is 2.83. The second-order valence-electron chi connectivity index (χ2n) is 5.92. The van der Waals surface area contributed by atoms with Gasteiger partial charge in [0, 0.05) is 18.7 Å². The Labute approximate surface area is 151 Å². The van der Waals surface area contributed by atoms with Crippen LogP contribution in [0.3, 0.4) is 0 Å². The van der Waals surface area contributed by atoms with Crippen molar-refractivity contribution in [3.05, 3.63) is 71.3 Å². The molecule has 0 bridgehead atoms. The molecule has 0 unspecified atom stereocenters. The van der Waals surface area contributed by atoms with E-state index in [1.54, 1.807) is 4.90 Å². The molecule has 0 fully saturated rings. The first-order valence-electron chi connectivity index (χ1n) is 8.68. The Morgan fingerprint density at radius 2 is 1.42 bits per heavy atom. The molecule has 0 saturated carbocycles. The third-order valence-corrected chi connectivity index (χ3v) is 4.58. The molecule has 2 aromatic rings. The van der Waals surface area contributed by atoms with Gasteiger partial charge in [-0.2, -0.15) is 0 Å². The second kappa shape index (κ2) is 10.1. The Hall–Kier alpha value is -1.91. The van der Waals surface area contributed by atoms with Crippen molar-refractivity contribution in [1.82, 2.24) is 10.6 Å². The van der Waals surface area contributed by atoms with Crippen molar-refractivity contribution in [2.75, 3.05) is 13.1 Å². The van der Waals surface area contributed by atoms with Crippen molar-refractivity contribution >= 4 is 17.3 Å². The molecule has 0 spiro atoms. The third-order valence-electron chi connectivity index (χ3n) is 4.29. The van der Waals surface area contributed by atoms with Crippen LogP contribution < -0.4 is 15.5 Å². The van der Waals surface area contributed by atoms with Crippen molar-refractivity contribution < 1.29 is 4.90 Å². The van der Waals surface area contributed by atoms with Gasteiger partial charge in [0.25, 0.3) is 0 Å². The molecule has 3 nitrogen and oxygen atoms in total. The zero-order chi connectivity index (χ0) is 17.2. The highest BCUT2D eigenvalue weighted by Gasteiger charge is 2.09. The van der Waals surface area contributed by atoms with Crippen LogP contribution in [0.15, 0.2) is 54.6 Å². The summed E-state index contributed by atoms with van der Waals surface area (Å²) in [5, 5.41) is 7.29. The molecule has 0 radical (unpaired) electrons. The quantitative estimate of drug-likeness (QED) is 0.643. The zero-order valence-corrected chi connectivity index (χ0v) is 15.5. The number of hydrogen-bond acceptors (Lipinski definition) is 1. The molecule has 0 saturated heterocycles. The predicted octanol–water partition coefficient (Wildman–Crippen LogP) is 2.28. The summed E-state index contributed by atoms with van der Waals surface area (Å²) in [5.41, 5.74) is 3.95. The first kappa shape index (κ1) is 18.4. The van der Waals surface area contributed by atoms with Crippen LogP contribution in [0.25, 0.3) is 0 Å². The molecule has 128 valence electrons. The van der Waals surface area contributed by atoms with Gasteiger partial charge in [0.05, 0.1) is 13.1 Å². The van der Waals surface area contributed by atoms with E-state index in [1.807, 2.05) is 18.2 Å². The predicted molar refractivity (Wildman–Crippen MR) is 105 cm³/mol. The van der Waals surface area contributed by atoms with E-state index in [9.17, 15) is 0 Å². The molecule has 0 amide bonds. The monoisotopic (exact) mass is 342 g/mol. The molecule has 3 N–H and O–H groups in total. The minimum atomic E-state index is 0.698.